The van der Waals surface area contributed by atoms with E-state index < -0.39 is 0 Å². The number of piperazine rings is 1. The van der Waals surface area contributed by atoms with Crippen molar-refractivity contribution < 1.29 is 4.79 Å². The monoisotopic (exact) mass is 538 g/mol. The van der Waals surface area contributed by atoms with Crippen molar-refractivity contribution >= 4 is 46.4 Å². The molecule has 5 rings (SSSR count). The number of carbonyl (C=O) groups is 1. The lowest BCUT2D eigenvalue weighted by Crippen LogP contribution is -2.49. The van der Waals surface area contributed by atoms with Gasteiger partial charge < -0.3 is 9.80 Å². The first-order chi connectivity index (χ1) is 17.3. The number of nitrogens with zero attached hydrogens (tertiary/aromatic N) is 4. The minimum atomic E-state index is -0.102. The molecule has 0 unspecified atom stereocenters. The molecular weight excluding hydrogens is 515 g/mol. The van der Waals surface area contributed by atoms with Crippen LogP contribution in [0.5, 0.6) is 0 Å². The van der Waals surface area contributed by atoms with E-state index in [2.05, 4.69) is 36.9 Å². The van der Waals surface area contributed by atoms with E-state index in [9.17, 15) is 4.79 Å². The van der Waals surface area contributed by atoms with Crippen molar-refractivity contribution in [1.82, 2.24) is 14.5 Å². The summed E-state index contributed by atoms with van der Waals surface area (Å²) in [5, 5.41) is 1.62. The third kappa shape index (κ3) is 4.83. The number of aryl methyl sites for hydroxylation is 1. The second-order valence-corrected chi connectivity index (χ2v) is 10.2. The van der Waals surface area contributed by atoms with E-state index in [4.69, 9.17) is 39.8 Å². The predicted molar refractivity (Wildman–Crippen MR) is 148 cm³/mol. The minimum absolute atomic E-state index is 0.102. The first-order valence-corrected chi connectivity index (χ1v) is 12.9. The molecule has 5 nitrogen and oxygen atoms in total. The van der Waals surface area contributed by atoms with Crippen LogP contribution >= 0.6 is 34.8 Å². The van der Waals surface area contributed by atoms with Crippen LogP contribution in [0.4, 0.5) is 5.69 Å². The van der Waals surface area contributed by atoms with Gasteiger partial charge in [-0.15, -0.1) is 0 Å². The second kappa shape index (κ2) is 10.2. The van der Waals surface area contributed by atoms with Gasteiger partial charge in [0.05, 0.1) is 5.02 Å². The van der Waals surface area contributed by atoms with Crippen LogP contribution in [-0.4, -0.2) is 46.5 Å². The largest absolute Gasteiger partial charge is 0.368 e. The number of amides is 1. The first-order valence-electron chi connectivity index (χ1n) is 11.7. The zero-order chi connectivity index (χ0) is 25.4. The van der Waals surface area contributed by atoms with Crippen LogP contribution in [-0.2, 0) is 0 Å². The summed E-state index contributed by atoms with van der Waals surface area (Å²) < 4.78 is 1.87. The van der Waals surface area contributed by atoms with Gasteiger partial charge in [0.15, 0.2) is 0 Å². The Morgan fingerprint density at radius 3 is 2.25 bits per heavy atom. The van der Waals surface area contributed by atoms with Crippen molar-refractivity contribution in [3.05, 3.63) is 98.7 Å². The van der Waals surface area contributed by atoms with Crippen molar-refractivity contribution in [1.29, 1.82) is 0 Å². The van der Waals surface area contributed by atoms with E-state index in [1.54, 1.807) is 30.5 Å². The molecule has 3 aromatic carbocycles. The van der Waals surface area contributed by atoms with Crippen molar-refractivity contribution in [2.45, 2.75) is 13.8 Å². The number of carbonyl (C=O) groups excluding carboxylic acids is 1. The van der Waals surface area contributed by atoms with Gasteiger partial charge in [0.1, 0.15) is 11.5 Å². The van der Waals surface area contributed by atoms with E-state index in [1.807, 2.05) is 27.7 Å². The molecule has 2 heterocycles. The summed E-state index contributed by atoms with van der Waals surface area (Å²) in [6.07, 6.45) is 1.77. The molecule has 1 amide bonds. The van der Waals surface area contributed by atoms with Gasteiger partial charge in [0.2, 0.25) is 0 Å². The Hall–Kier alpha value is -2.99. The maximum atomic E-state index is 13.5. The Morgan fingerprint density at radius 1 is 0.861 bits per heavy atom. The quantitative estimate of drug-likeness (QED) is 0.278. The molecule has 0 aliphatic carbocycles. The fourth-order valence-corrected chi connectivity index (χ4v) is 5.15. The highest BCUT2D eigenvalue weighted by Gasteiger charge is 2.26. The number of anilines is 1. The summed E-state index contributed by atoms with van der Waals surface area (Å²) in [6.45, 7) is 7.05. The van der Waals surface area contributed by atoms with Gasteiger partial charge in [-0.2, -0.15) is 0 Å². The Balaban J connectivity index is 1.44. The molecule has 0 saturated carbocycles. The minimum Gasteiger partial charge on any atom is -0.368 e. The number of aromatic nitrogens is 2. The molecule has 0 spiro atoms. The van der Waals surface area contributed by atoms with Crippen LogP contribution in [0.15, 0.2) is 66.9 Å². The molecule has 0 radical (unpaired) electrons. The number of imidazole rings is 1. The Bertz CT molecular complexity index is 1420. The predicted octanol–water partition coefficient (Wildman–Crippen LogP) is 7.08. The molecule has 8 heteroatoms. The fraction of sp³-hybridized carbons (Fsp3) is 0.214. The van der Waals surface area contributed by atoms with Crippen LogP contribution in [0.2, 0.25) is 15.1 Å². The number of benzene rings is 3. The van der Waals surface area contributed by atoms with Gasteiger partial charge in [-0.25, -0.2) is 4.98 Å². The maximum absolute atomic E-state index is 13.5. The molecule has 36 heavy (non-hydrogen) atoms. The standard InChI is InChI=1S/C28H25Cl3N4O/c1-18-4-3-5-26(19(18)2)33-12-14-34(15-13-33)28(36)25-17-35(22-9-6-20(29)7-10-22)27(32-25)23-11-8-21(30)16-24(23)31/h3-11,16-17H,12-15H2,1-2H3. The summed E-state index contributed by atoms with van der Waals surface area (Å²) >= 11 is 18.7. The number of rotatable bonds is 4. The molecule has 184 valence electrons. The first kappa shape index (κ1) is 24.7. The molecule has 0 N–H and O–H groups in total. The average Bonchev–Trinajstić information content (AvgIpc) is 3.31. The van der Waals surface area contributed by atoms with Gasteiger partial charge in [-0.1, -0.05) is 46.9 Å². The van der Waals surface area contributed by atoms with Crippen LogP contribution < -0.4 is 4.90 Å². The van der Waals surface area contributed by atoms with Crippen molar-refractivity contribution in [3.8, 4) is 17.1 Å². The van der Waals surface area contributed by atoms with Crippen LogP contribution in [0, 0.1) is 13.8 Å². The lowest BCUT2D eigenvalue weighted by molar-refractivity contribution is 0.0741. The van der Waals surface area contributed by atoms with Gasteiger partial charge in [0.25, 0.3) is 5.91 Å². The number of halogens is 3. The van der Waals surface area contributed by atoms with Gasteiger partial charge in [-0.05, 0) is 73.5 Å². The maximum Gasteiger partial charge on any atom is 0.274 e. The van der Waals surface area contributed by atoms with Crippen molar-refractivity contribution in [2.24, 2.45) is 0 Å². The Morgan fingerprint density at radius 2 is 1.56 bits per heavy atom. The zero-order valence-corrected chi connectivity index (χ0v) is 22.3. The van der Waals surface area contributed by atoms with Gasteiger partial charge in [-0.3, -0.25) is 9.36 Å². The molecule has 1 aliphatic heterocycles. The summed E-state index contributed by atoms with van der Waals surface area (Å²) in [5.74, 6) is 0.464. The van der Waals surface area contributed by atoms with Crippen molar-refractivity contribution in [2.75, 3.05) is 31.1 Å². The molecule has 1 saturated heterocycles. The summed E-state index contributed by atoms with van der Waals surface area (Å²) in [6, 6.07) is 19.0. The van der Waals surface area contributed by atoms with Crippen molar-refractivity contribution in [3.63, 3.8) is 0 Å². The van der Waals surface area contributed by atoms with Gasteiger partial charge >= 0.3 is 0 Å². The highest BCUT2D eigenvalue weighted by atomic mass is 35.5. The van der Waals surface area contributed by atoms with E-state index in [1.165, 1.54) is 16.8 Å². The normalized spacial score (nSPS) is 13.8. The molecular formula is C28H25Cl3N4O. The Labute approximate surface area is 225 Å². The third-order valence-electron chi connectivity index (χ3n) is 6.69. The highest BCUT2D eigenvalue weighted by Crippen LogP contribution is 2.32. The summed E-state index contributed by atoms with van der Waals surface area (Å²) in [5.41, 5.74) is 5.66. The SMILES string of the molecule is Cc1cccc(N2CCN(C(=O)c3cn(-c4ccc(Cl)cc4)c(-c4ccc(Cl)cc4Cl)n3)CC2)c1C. The highest BCUT2D eigenvalue weighted by molar-refractivity contribution is 6.36. The second-order valence-electron chi connectivity index (χ2n) is 8.92. The lowest BCUT2D eigenvalue weighted by Gasteiger charge is -2.36. The Kier molecular flexibility index (Phi) is 6.98. The molecule has 4 aromatic rings. The zero-order valence-electron chi connectivity index (χ0n) is 20.0. The van der Waals surface area contributed by atoms with Crippen LogP contribution in [0.1, 0.15) is 21.6 Å². The fourth-order valence-electron chi connectivity index (χ4n) is 4.53. The molecule has 0 atom stereocenters. The van der Waals surface area contributed by atoms with E-state index >= 15 is 0 Å². The number of hydrogen-bond donors (Lipinski definition) is 0. The van der Waals surface area contributed by atoms with E-state index in [0.717, 1.165) is 18.8 Å². The van der Waals surface area contributed by atoms with Crippen LogP contribution in [0.3, 0.4) is 0 Å². The van der Waals surface area contributed by atoms with E-state index in [-0.39, 0.29) is 5.91 Å². The summed E-state index contributed by atoms with van der Waals surface area (Å²) in [4.78, 5) is 22.5. The third-order valence-corrected chi connectivity index (χ3v) is 7.49. The molecule has 0 bridgehead atoms. The smallest absolute Gasteiger partial charge is 0.274 e. The molecule has 1 aliphatic rings. The van der Waals surface area contributed by atoms with Crippen LogP contribution in [0.25, 0.3) is 17.1 Å². The average molecular weight is 540 g/mol. The lowest BCUT2D eigenvalue weighted by atomic mass is 10.1. The molecule has 1 fully saturated rings. The van der Waals surface area contributed by atoms with Gasteiger partial charge in [0, 0.05) is 59.4 Å². The summed E-state index contributed by atoms with van der Waals surface area (Å²) in [7, 11) is 0. The molecule has 1 aromatic heterocycles. The van der Waals surface area contributed by atoms with E-state index in [0.29, 0.717) is 45.2 Å². The topological polar surface area (TPSA) is 41.4 Å². The number of hydrogen-bond acceptors (Lipinski definition) is 3.